The largest absolute Gasteiger partial charge is 0.497 e. The van der Waals surface area contributed by atoms with E-state index in [1.54, 1.807) is 7.11 Å². The van der Waals surface area contributed by atoms with E-state index in [0.29, 0.717) is 12.3 Å². The van der Waals surface area contributed by atoms with Crippen molar-refractivity contribution in [2.45, 2.75) is 44.6 Å². The van der Waals surface area contributed by atoms with Crippen LogP contribution >= 0.6 is 0 Å². The molecule has 0 N–H and O–H groups in total. The molecule has 0 aliphatic carbocycles. The molecule has 1 atom stereocenters. The molecule has 2 aliphatic rings. The van der Waals surface area contributed by atoms with Gasteiger partial charge in [0.05, 0.1) is 7.11 Å². The molecule has 1 fully saturated rings. The number of methoxy groups -OCH3 is 1. The van der Waals surface area contributed by atoms with Crippen molar-refractivity contribution >= 4 is 5.91 Å². The number of hydrogen-bond donors (Lipinski definition) is 0. The van der Waals surface area contributed by atoms with E-state index in [1.165, 1.54) is 12.8 Å². The zero-order valence-electron chi connectivity index (χ0n) is 17.5. The summed E-state index contributed by atoms with van der Waals surface area (Å²) in [7, 11) is 3.84. The summed E-state index contributed by atoms with van der Waals surface area (Å²) in [6.45, 7) is 4.47. The second-order valence-corrected chi connectivity index (χ2v) is 8.21. The van der Waals surface area contributed by atoms with Gasteiger partial charge in [0, 0.05) is 44.9 Å². The van der Waals surface area contributed by atoms with Gasteiger partial charge in [0.2, 0.25) is 5.91 Å². The van der Waals surface area contributed by atoms with Gasteiger partial charge in [-0.2, -0.15) is 0 Å². The molecule has 0 saturated carbocycles. The summed E-state index contributed by atoms with van der Waals surface area (Å²) >= 11 is 0. The first kappa shape index (κ1) is 19.9. The first-order valence-electron chi connectivity index (χ1n) is 10.7. The van der Waals surface area contributed by atoms with Gasteiger partial charge in [-0.1, -0.05) is 12.1 Å². The van der Waals surface area contributed by atoms with Crippen LogP contribution in [0.5, 0.6) is 5.75 Å². The summed E-state index contributed by atoms with van der Waals surface area (Å²) in [6, 6.07) is 7.95. The molecule has 0 radical (unpaired) electrons. The standard InChI is InChI=1S/C22H31N5O2/c1-25-12-3-4-18(16-25)22-24-23-20-11-13-26(14-15-27(20)22)21(28)10-7-17-5-8-19(29-2)9-6-17/h5-6,8-9,18H,3-4,7,10-16H2,1-2H3/t18-/m0/s1. The Balaban J connectivity index is 1.34. The van der Waals surface area contributed by atoms with Gasteiger partial charge < -0.3 is 19.1 Å². The highest BCUT2D eigenvalue weighted by Crippen LogP contribution is 2.26. The summed E-state index contributed by atoms with van der Waals surface area (Å²) in [5.74, 6) is 3.65. The van der Waals surface area contributed by atoms with Crippen molar-refractivity contribution < 1.29 is 9.53 Å². The van der Waals surface area contributed by atoms with E-state index in [4.69, 9.17) is 4.74 Å². The van der Waals surface area contributed by atoms with Crippen LogP contribution in [0.15, 0.2) is 24.3 Å². The van der Waals surface area contributed by atoms with Gasteiger partial charge in [-0.25, -0.2) is 0 Å². The van der Waals surface area contributed by atoms with Crippen LogP contribution in [0, 0.1) is 0 Å². The van der Waals surface area contributed by atoms with E-state index in [0.717, 1.165) is 68.5 Å². The molecule has 0 spiro atoms. The highest BCUT2D eigenvalue weighted by Gasteiger charge is 2.27. The number of nitrogens with zero attached hydrogens (tertiary/aromatic N) is 5. The minimum absolute atomic E-state index is 0.221. The Morgan fingerprint density at radius 1 is 1.14 bits per heavy atom. The number of likely N-dealkylation sites (tertiary alicyclic amines) is 1. The Kier molecular flexibility index (Phi) is 6.13. The van der Waals surface area contributed by atoms with Crippen LogP contribution in [0.2, 0.25) is 0 Å². The Morgan fingerprint density at radius 3 is 2.72 bits per heavy atom. The Hall–Kier alpha value is -2.41. The third-order valence-corrected chi connectivity index (χ3v) is 6.18. The molecule has 1 aromatic carbocycles. The maximum Gasteiger partial charge on any atom is 0.222 e. The first-order valence-corrected chi connectivity index (χ1v) is 10.7. The van der Waals surface area contributed by atoms with Crippen LogP contribution in [0.25, 0.3) is 0 Å². The quantitative estimate of drug-likeness (QED) is 0.773. The predicted molar refractivity (Wildman–Crippen MR) is 111 cm³/mol. The van der Waals surface area contributed by atoms with E-state index < -0.39 is 0 Å². The summed E-state index contributed by atoms with van der Waals surface area (Å²) in [5, 5.41) is 9.00. The lowest BCUT2D eigenvalue weighted by Gasteiger charge is -2.29. The molecular weight excluding hydrogens is 366 g/mol. The van der Waals surface area contributed by atoms with Crippen molar-refractivity contribution in [3.8, 4) is 5.75 Å². The highest BCUT2D eigenvalue weighted by atomic mass is 16.5. The number of likely N-dealkylation sites (N-methyl/N-ethyl adjacent to an activating group) is 1. The van der Waals surface area contributed by atoms with Crippen LogP contribution in [-0.2, 0) is 24.2 Å². The molecule has 7 heteroatoms. The fraction of sp³-hybridized carbons (Fsp3) is 0.591. The van der Waals surface area contributed by atoms with Crippen molar-refractivity contribution in [3.05, 3.63) is 41.5 Å². The number of amides is 1. The fourth-order valence-electron chi connectivity index (χ4n) is 4.48. The van der Waals surface area contributed by atoms with Crippen molar-refractivity contribution in [3.63, 3.8) is 0 Å². The molecule has 1 aromatic heterocycles. The van der Waals surface area contributed by atoms with E-state index in [1.807, 2.05) is 29.2 Å². The van der Waals surface area contributed by atoms with Gasteiger partial charge in [0.1, 0.15) is 17.4 Å². The number of ether oxygens (including phenoxy) is 1. The van der Waals surface area contributed by atoms with Gasteiger partial charge in [-0.15, -0.1) is 10.2 Å². The van der Waals surface area contributed by atoms with Gasteiger partial charge in [0.15, 0.2) is 0 Å². The average molecular weight is 398 g/mol. The summed E-state index contributed by atoms with van der Waals surface area (Å²) in [4.78, 5) is 17.2. The predicted octanol–water partition coefficient (Wildman–Crippen LogP) is 2.11. The second kappa shape index (κ2) is 8.95. The normalized spacial score (nSPS) is 20.2. The maximum absolute atomic E-state index is 12.8. The van der Waals surface area contributed by atoms with Crippen molar-refractivity contribution in [1.29, 1.82) is 0 Å². The summed E-state index contributed by atoms with van der Waals surface area (Å²) in [5.41, 5.74) is 1.16. The Bertz CT molecular complexity index is 832. The number of benzene rings is 1. The molecule has 1 saturated heterocycles. The topological polar surface area (TPSA) is 63.5 Å². The summed E-state index contributed by atoms with van der Waals surface area (Å²) in [6.07, 6.45) is 4.45. The van der Waals surface area contributed by atoms with Gasteiger partial charge >= 0.3 is 0 Å². The molecule has 1 amide bonds. The lowest BCUT2D eigenvalue weighted by Crippen LogP contribution is -2.34. The third-order valence-electron chi connectivity index (χ3n) is 6.18. The number of carbonyl (C=O) groups excluding carboxylic acids is 1. The van der Waals surface area contributed by atoms with Crippen LogP contribution < -0.4 is 4.74 Å². The molecule has 3 heterocycles. The molecule has 2 aliphatic heterocycles. The van der Waals surface area contributed by atoms with Crippen LogP contribution in [0.1, 0.15) is 42.4 Å². The molecule has 0 bridgehead atoms. The molecular formula is C22H31N5O2. The first-order chi connectivity index (χ1) is 14.1. The Labute approximate surface area is 172 Å². The van der Waals surface area contributed by atoms with E-state index in [-0.39, 0.29) is 5.91 Å². The summed E-state index contributed by atoms with van der Waals surface area (Å²) < 4.78 is 7.47. The monoisotopic (exact) mass is 397 g/mol. The highest BCUT2D eigenvalue weighted by molar-refractivity contribution is 5.76. The van der Waals surface area contributed by atoms with Gasteiger partial charge in [-0.05, 0) is 50.6 Å². The van der Waals surface area contributed by atoms with Crippen molar-refractivity contribution in [2.75, 3.05) is 40.3 Å². The van der Waals surface area contributed by atoms with Crippen LogP contribution in [0.3, 0.4) is 0 Å². The lowest BCUT2D eigenvalue weighted by molar-refractivity contribution is -0.131. The minimum Gasteiger partial charge on any atom is -0.497 e. The number of hydrogen-bond acceptors (Lipinski definition) is 5. The number of aryl methyl sites for hydroxylation is 1. The molecule has 7 nitrogen and oxygen atoms in total. The third kappa shape index (κ3) is 4.61. The molecule has 156 valence electrons. The molecule has 4 rings (SSSR count). The minimum atomic E-state index is 0.221. The number of rotatable bonds is 5. The zero-order valence-corrected chi connectivity index (χ0v) is 17.5. The number of piperidine rings is 1. The fourth-order valence-corrected chi connectivity index (χ4v) is 4.48. The van der Waals surface area contributed by atoms with E-state index in [2.05, 4.69) is 26.7 Å². The maximum atomic E-state index is 12.8. The number of carbonyl (C=O) groups is 1. The SMILES string of the molecule is COc1ccc(CCC(=O)N2CCc3nnc([C@H]4CCCN(C)C4)n3CC2)cc1. The molecule has 2 aromatic rings. The van der Waals surface area contributed by atoms with Gasteiger partial charge in [-0.3, -0.25) is 4.79 Å². The average Bonchev–Trinajstić information content (AvgIpc) is 3.03. The number of aromatic nitrogens is 3. The zero-order chi connectivity index (χ0) is 20.2. The van der Waals surface area contributed by atoms with Crippen LogP contribution in [-0.4, -0.2) is 70.8 Å². The van der Waals surface area contributed by atoms with E-state index in [9.17, 15) is 4.79 Å². The molecule has 0 unspecified atom stereocenters. The van der Waals surface area contributed by atoms with Crippen molar-refractivity contribution in [1.82, 2.24) is 24.6 Å². The van der Waals surface area contributed by atoms with Crippen molar-refractivity contribution in [2.24, 2.45) is 0 Å². The number of fused-ring (bicyclic) bond motifs is 1. The van der Waals surface area contributed by atoms with Gasteiger partial charge in [0.25, 0.3) is 0 Å². The second-order valence-electron chi connectivity index (χ2n) is 8.21. The Morgan fingerprint density at radius 2 is 1.97 bits per heavy atom. The van der Waals surface area contributed by atoms with E-state index >= 15 is 0 Å². The lowest BCUT2D eigenvalue weighted by atomic mass is 9.97. The smallest absolute Gasteiger partial charge is 0.222 e. The molecule has 29 heavy (non-hydrogen) atoms. The van der Waals surface area contributed by atoms with Crippen LogP contribution in [0.4, 0.5) is 0 Å².